The number of benzene rings is 3. The fraction of sp³-hybridized carbons (Fsp3) is 0.0769. The van der Waals surface area contributed by atoms with Crippen molar-refractivity contribution in [1.29, 1.82) is 0 Å². The molecule has 2 heterocycles. The first kappa shape index (κ1) is 20.1. The van der Waals surface area contributed by atoms with Crippen molar-refractivity contribution in [2.24, 2.45) is 0 Å². The summed E-state index contributed by atoms with van der Waals surface area (Å²) in [6.45, 7) is 2.06. The number of para-hydroxylation sites is 1. The molecule has 158 valence electrons. The lowest BCUT2D eigenvalue weighted by Gasteiger charge is -2.26. The van der Waals surface area contributed by atoms with Gasteiger partial charge in [0.1, 0.15) is 11.4 Å². The highest BCUT2D eigenvalue weighted by molar-refractivity contribution is 6.30. The molecule has 32 heavy (non-hydrogen) atoms. The molecule has 2 N–H and O–H groups in total. The Morgan fingerprint density at radius 3 is 2.44 bits per heavy atom. The minimum atomic E-state index is -0.218. The van der Waals surface area contributed by atoms with Gasteiger partial charge >= 0.3 is 0 Å². The molecule has 0 radical (unpaired) electrons. The smallest absolute Gasteiger partial charge is 0.261 e. The normalized spacial score (nSPS) is 14.8. The predicted octanol–water partition coefficient (Wildman–Crippen LogP) is 6.15. The van der Waals surface area contributed by atoms with Crippen molar-refractivity contribution >= 4 is 34.7 Å². The second-order valence-electron chi connectivity index (χ2n) is 7.74. The second kappa shape index (κ2) is 8.36. The van der Waals surface area contributed by atoms with E-state index in [1.807, 2.05) is 59.3 Å². The largest absolute Gasteiger partial charge is 0.339 e. The van der Waals surface area contributed by atoms with E-state index in [-0.39, 0.29) is 11.9 Å². The number of halogens is 1. The first-order valence-electron chi connectivity index (χ1n) is 10.3. The number of aryl methyl sites for hydroxylation is 1. The summed E-state index contributed by atoms with van der Waals surface area (Å²) >= 11 is 6.09. The third kappa shape index (κ3) is 3.90. The molecule has 0 fully saturated rings. The lowest BCUT2D eigenvalue weighted by Crippen LogP contribution is -2.22. The summed E-state index contributed by atoms with van der Waals surface area (Å²) in [7, 11) is 0. The van der Waals surface area contributed by atoms with E-state index in [9.17, 15) is 4.79 Å². The average molecular weight is 441 g/mol. The van der Waals surface area contributed by atoms with Crippen molar-refractivity contribution in [1.82, 2.24) is 9.78 Å². The number of hydrogen-bond donors (Lipinski definition) is 2. The first-order chi connectivity index (χ1) is 15.6. The van der Waals surface area contributed by atoms with Crippen LogP contribution in [0.1, 0.15) is 33.1 Å². The fourth-order valence-corrected chi connectivity index (χ4v) is 3.91. The summed E-state index contributed by atoms with van der Waals surface area (Å²) in [4.78, 5) is 13.1. The highest BCUT2D eigenvalue weighted by atomic mass is 35.5. The number of allylic oxidation sites excluding steroid dienone is 1. The number of aromatic nitrogens is 2. The maximum absolute atomic E-state index is 13.1. The topological polar surface area (TPSA) is 59.0 Å². The van der Waals surface area contributed by atoms with Gasteiger partial charge in [-0.15, -0.1) is 0 Å². The van der Waals surface area contributed by atoms with Gasteiger partial charge in [-0.25, -0.2) is 4.68 Å². The van der Waals surface area contributed by atoms with Gasteiger partial charge in [-0.3, -0.25) is 4.79 Å². The van der Waals surface area contributed by atoms with Crippen LogP contribution in [-0.4, -0.2) is 15.7 Å². The summed E-state index contributed by atoms with van der Waals surface area (Å²) in [6.07, 6.45) is 3.73. The van der Waals surface area contributed by atoms with Gasteiger partial charge in [0.15, 0.2) is 0 Å². The van der Waals surface area contributed by atoms with Gasteiger partial charge in [-0.1, -0.05) is 71.8 Å². The van der Waals surface area contributed by atoms with Crippen LogP contribution in [0.4, 0.5) is 11.5 Å². The molecule has 0 spiro atoms. The summed E-state index contributed by atoms with van der Waals surface area (Å²) in [5.74, 6) is 0.432. The first-order valence-corrected chi connectivity index (χ1v) is 10.7. The van der Waals surface area contributed by atoms with Gasteiger partial charge in [-0.05, 0) is 48.4 Å². The molecular weight excluding hydrogens is 420 g/mol. The number of nitrogens with one attached hydrogen (secondary N) is 2. The number of fused-ring (bicyclic) bond motifs is 1. The monoisotopic (exact) mass is 440 g/mol. The van der Waals surface area contributed by atoms with Crippen LogP contribution < -0.4 is 10.6 Å². The van der Waals surface area contributed by atoms with Gasteiger partial charge in [0.2, 0.25) is 0 Å². The van der Waals surface area contributed by atoms with Gasteiger partial charge in [-0.2, -0.15) is 5.10 Å². The molecule has 5 rings (SSSR count). The van der Waals surface area contributed by atoms with E-state index in [2.05, 4.69) is 53.0 Å². The summed E-state index contributed by atoms with van der Waals surface area (Å²) in [5, 5.41) is 11.6. The average Bonchev–Trinajstić information content (AvgIpc) is 3.24. The van der Waals surface area contributed by atoms with E-state index >= 15 is 0 Å². The molecule has 1 aliphatic rings. The number of rotatable bonds is 4. The Kier molecular flexibility index (Phi) is 5.25. The van der Waals surface area contributed by atoms with Crippen molar-refractivity contribution in [3.05, 3.63) is 118 Å². The molecule has 4 aromatic rings. The van der Waals surface area contributed by atoms with E-state index in [1.54, 1.807) is 6.20 Å². The molecule has 0 bridgehead atoms. The molecule has 0 saturated heterocycles. The van der Waals surface area contributed by atoms with E-state index in [0.717, 1.165) is 22.5 Å². The van der Waals surface area contributed by atoms with Crippen LogP contribution >= 0.6 is 11.6 Å². The molecule has 0 saturated carbocycles. The van der Waals surface area contributed by atoms with Gasteiger partial charge < -0.3 is 10.6 Å². The number of nitrogens with zero attached hydrogens (tertiary/aromatic N) is 2. The SMILES string of the molecule is Cc1ccc([C@@H]2C=C(c3ccc(Cl)cc3)Nc3c(C(=O)Nc4ccccc4)cnn32)cc1. The standard InChI is InChI=1S/C26H21ClN4O/c1-17-7-9-19(10-8-17)24-15-23(18-11-13-20(27)14-12-18)30-25-22(16-28-31(24)25)26(32)29-21-5-3-2-4-6-21/h2-16,24,30H,1H3,(H,29,32)/t24-/m0/s1. The minimum Gasteiger partial charge on any atom is -0.339 e. The fourth-order valence-electron chi connectivity index (χ4n) is 3.78. The summed E-state index contributed by atoms with van der Waals surface area (Å²) in [6, 6.07) is 25.2. The van der Waals surface area contributed by atoms with Crippen molar-refractivity contribution < 1.29 is 4.79 Å². The number of carbonyl (C=O) groups is 1. The maximum Gasteiger partial charge on any atom is 0.261 e. The minimum absolute atomic E-state index is 0.157. The van der Waals surface area contributed by atoms with Gasteiger partial charge in [0.25, 0.3) is 5.91 Å². The zero-order chi connectivity index (χ0) is 22.1. The van der Waals surface area contributed by atoms with Crippen LogP contribution in [0.15, 0.2) is 91.1 Å². The lowest BCUT2D eigenvalue weighted by molar-refractivity contribution is 0.102. The number of anilines is 2. The number of hydrogen-bond acceptors (Lipinski definition) is 3. The molecule has 1 aromatic heterocycles. The van der Waals surface area contributed by atoms with E-state index in [1.165, 1.54) is 5.56 Å². The molecule has 0 unspecified atom stereocenters. The zero-order valence-corrected chi connectivity index (χ0v) is 18.2. The van der Waals surface area contributed by atoms with Crippen LogP contribution in [0.2, 0.25) is 5.02 Å². The Bertz CT molecular complexity index is 1290. The molecular formula is C26H21ClN4O. The molecule has 1 atom stereocenters. The Hall–Kier alpha value is -3.83. The highest BCUT2D eigenvalue weighted by Gasteiger charge is 2.27. The van der Waals surface area contributed by atoms with E-state index in [4.69, 9.17) is 11.6 Å². The second-order valence-corrected chi connectivity index (χ2v) is 8.18. The molecule has 3 aromatic carbocycles. The van der Waals surface area contributed by atoms with Crippen molar-refractivity contribution in [2.45, 2.75) is 13.0 Å². The van der Waals surface area contributed by atoms with Crippen molar-refractivity contribution in [2.75, 3.05) is 10.6 Å². The van der Waals surface area contributed by atoms with Crippen LogP contribution in [0.3, 0.4) is 0 Å². The number of carbonyl (C=O) groups excluding carboxylic acids is 1. The van der Waals surface area contributed by atoms with Crippen LogP contribution in [0.25, 0.3) is 5.70 Å². The summed E-state index contributed by atoms with van der Waals surface area (Å²) in [5.41, 5.74) is 5.36. The van der Waals surface area contributed by atoms with Crippen molar-refractivity contribution in [3.63, 3.8) is 0 Å². The van der Waals surface area contributed by atoms with Crippen LogP contribution in [0.5, 0.6) is 0 Å². The molecule has 6 heteroatoms. The predicted molar refractivity (Wildman–Crippen MR) is 129 cm³/mol. The maximum atomic E-state index is 13.1. The zero-order valence-electron chi connectivity index (χ0n) is 17.4. The number of amides is 1. The Labute approximate surface area is 191 Å². The van der Waals surface area contributed by atoms with Crippen LogP contribution in [0, 0.1) is 6.92 Å². The van der Waals surface area contributed by atoms with Crippen molar-refractivity contribution in [3.8, 4) is 0 Å². The Morgan fingerprint density at radius 2 is 1.72 bits per heavy atom. The Balaban J connectivity index is 1.56. The van der Waals surface area contributed by atoms with E-state index in [0.29, 0.717) is 16.4 Å². The molecule has 0 aliphatic carbocycles. The third-order valence-corrected chi connectivity index (χ3v) is 5.74. The Morgan fingerprint density at radius 1 is 1.00 bits per heavy atom. The molecule has 1 aliphatic heterocycles. The quantitative estimate of drug-likeness (QED) is 0.400. The van der Waals surface area contributed by atoms with E-state index < -0.39 is 0 Å². The third-order valence-electron chi connectivity index (χ3n) is 5.49. The molecule has 5 nitrogen and oxygen atoms in total. The highest BCUT2D eigenvalue weighted by Crippen LogP contribution is 2.35. The van der Waals surface area contributed by atoms with Gasteiger partial charge in [0.05, 0.1) is 12.2 Å². The van der Waals surface area contributed by atoms with Crippen LogP contribution in [-0.2, 0) is 0 Å². The molecule has 1 amide bonds. The van der Waals surface area contributed by atoms with Gasteiger partial charge in [0, 0.05) is 16.4 Å². The summed E-state index contributed by atoms with van der Waals surface area (Å²) < 4.78 is 1.85. The lowest BCUT2D eigenvalue weighted by atomic mass is 10.00.